The lowest BCUT2D eigenvalue weighted by molar-refractivity contribution is -0.125. The number of carbonyl (C=O) groups is 4. The normalized spacial score (nSPS) is 13.2. The zero-order chi connectivity index (χ0) is 21.3. The fourth-order valence-corrected chi connectivity index (χ4v) is 3.42. The molecule has 150 valence electrons. The van der Waals surface area contributed by atoms with E-state index >= 15 is 0 Å². The second kappa shape index (κ2) is 7.79. The second-order valence-electron chi connectivity index (χ2n) is 6.81. The average molecular weight is 403 g/mol. The minimum absolute atomic E-state index is 0.00411. The summed E-state index contributed by atoms with van der Waals surface area (Å²) in [5, 5.41) is 2.65. The zero-order valence-corrected chi connectivity index (χ0v) is 16.0. The van der Waals surface area contributed by atoms with E-state index in [9.17, 15) is 19.2 Å². The van der Waals surface area contributed by atoms with Crippen LogP contribution in [0.25, 0.3) is 0 Å². The molecule has 0 fully saturated rings. The Morgan fingerprint density at radius 3 is 2.33 bits per heavy atom. The van der Waals surface area contributed by atoms with Crippen LogP contribution in [0.5, 0.6) is 0 Å². The highest BCUT2D eigenvalue weighted by molar-refractivity contribution is 6.30. The predicted molar refractivity (Wildman–Crippen MR) is 105 cm³/mol. The van der Waals surface area contributed by atoms with Crippen LogP contribution < -0.4 is 5.32 Å². The van der Waals surface area contributed by atoms with Gasteiger partial charge in [-0.05, 0) is 25.1 Å². The number of nitrogens with one attached hydrogen (secondary N) is 1. The van der Waals surface area contributed by atoms with E-state index in [-0.39, 0.29) is 28.0 Å². The standard InChI is InChI=1S/C23H17NO6/c1-13(18-10-5-11-29-18)24-19(25)12-30-23(28)17-9-4-8-16-20(17)22(27)15-7-3-2-6-14(15)21(16)26/h2-11,13H,12H2,1H3,(H,24,25)/t13-/m1/s1. The largest absolute Gasteiger partial charge is 0.467 e. The van der Waals surface area contributed by atoms with Crippen molar-refractivity contribution in [1.29, 1.82) is 0 Å². The van der Waals surface area contributed by atoms with Crippen LogP contribution in [0.2, 0.25) is 0 Å². The molecule has 1 aliphatic rings. The van der Waals surface area contributed by atoms with Crippen LogP contribution >= 0.6 is 0 Å². The van der Waals surface area contributed by atoms with Gasteiger partial charge in [-0.25, -0.2) is 4.79 Å². The van der Waals surface area contributed by atoms with Crippen LogP contribution in [-0.4, -0.2) is 30.0 Å². The van der Waals surface area contributed by atoms with Gasteiger partial charge in [0, 0.05) is 22.3 Å². The maximum absolute atomic E-state index is 12.9. The number of rotatable bonds is 5. The molecule has 0 saturated heterocycles. The van der Waals surface area contributed by atoms with Gasteiger partial charge in [-0.3, -0.25) is 14.4 Å². The minimum Gasteiger partial charge on any atom is -0.467 e. The molecular formula is C23H17NO6. The second-order valence-corrected chi connectivity index (χ2v) is 6.81. The average Bonchev–Trinajstić information content (AvgIpc) is 3.30. The third kappa shape index (κ3) is 3.41. The lowest BCUT2D eigenvalue weighted by atomic mass is 9.82. The Labute approximate surface area is 171 Å². The highest BCUT2D eigenvalue weighted by Crippen LogP contribution is 2.29. The minimum atomic E-state index is -0.854. The number of hydrogen-bond acceptors (Lipinski definition) is 6. The Kier molecular flexibility index (Phi) is 5.02. The van der Waals surface area contributed by atoms with Crippen LogP contribution in [0.1, 0.15) is 60.9 Å². The Morgan fingerprint density at radius 1 is 0.933 bits per heavy atom. The number of esters is 1. The van der Waals surface area contributed by atoms with E-state index in [1.54, 1.807) is 43.3 Å². The number of ketones is 2. The fourth-order valence-electron chi connectivity index (χ4n) is 3.42. The van der Waals surface area contributed by atoms with Crippen LogP contribution in [-0.2, 0) is 9.53 Å². The molecule has 0 saturated carbocycles. The van der Waals surface area contributed by atoms with Crippen molar-refractivity contribution in [2.24, 2.45) is 0 Å². The van der Waals surface area contributed by atoms with E-state index in [0.717, 1.165) is 0 Å². The third-order valence-electron chi connectivity index (χ3n) is 4.85. The SMILES string of the molecule is C[C@@H](NC(=O)COC(=O)c1cccc2c1C(=O)c1ccccc1C2=O)c1ccco1. The molecule has 30 heavy (non-hydrogen) atoms. The molecule has 1 amide bonds. The maximum Gasteiger partial charge on any atom is 0.339 e. The van der Waals surface area contributed by atoms with E-state index in [4.69, 9.17) is 9.15 Å². The molecule has 4 rings (SSSR count). The highest BCUT2D eigenvalue weighted by atomic mass is 16.5. The third-order valence-corrected chi connectivity index (χ3v) is 4.85. The summed E-state index contributed by atoms with van der Waals surface area (Å²) in [6.07, 6.45) is 1.49. The first-order valence-electron chi connectivity index (χ1n) is 9.28. The van der Waals surface area contributed by atoms with E-state index in [1.807, 2.05) is 0 Å². The summed E-state index contributed by atoms with van der Waals surface area (Å²) >= 11 is 0. The van der Waals surface area contributed by atoms with Gasteiger partial charge in [-0.15, -0.1) is 0 Å². The summed E-state index contributed by atoms with van der Waals surface area (Å²) in [4.78, 5) is 50.4. The maximum atomic E-state index is 12.9. The molecular weight excluding hydrogens is 386 g/mol. The van der Waals surface area contributed by atoms with Crippen molar-refractivity contribution in [3.05, 3.63) is 94.4 Å². The first kappa shape index (κ1) is 19.3. The van der Waals surface area contributed by atoms with Crippen molar-refractivity contribution in [3.8, 4) is 0 Å². The Bertz CT molecular complexity index is 1160. The van der Waals surface area contributed by atoms with Gasteiger partial charge in [0.15, 0.2) is 18.2 Å². The van der Waals surface area contributed by atoms with Crippen molar-refractivity contribution in [3.63, 3.8) is 0 Å². The van der Waals surface area contributed by atoms with Crippen molar-refractivity contribution < 1.29 is 28.3 Å². The first-order chi connectivity index (χ1) is 14.5. The summed E-state index contributed by atoms with van der Waals surface area (Å²) in [5.74, 6) is -1.57. The molecule has 0 bridgehead atoms. The number of amides is 1. The quantitative estimate of drug-likeness (QED) is 0.514. The Balaban J connectivity index is 1.51. The van der Waals surface area contributed by atoms with Gasteiger partial charge in [0.25, 0.3) is 5.91 Å². The number of hydrogen-bond donors (Lipinski definition) is 1. The van der Waals surface area contributed by atoms with Gasteiger partial charge in [0.05, 0.1) is 17.9 Å². The molecule has 1 atom stereocenters. The first-order valence-corrected chi connectivity index (χ1v) is 9.28. The molecule has 0 spiro atoms. The van der Waals surface area contributed by atoms with Crippen molar-refractivity contribution in [2.45, 2.75) is 13.0 Å². The number of furan rings is 1. The van der Waals surface area contributed by atoms with E-state index in [2.05, 4.69) is 5.32 Å². The predicted octanol–water partition coefficient (Wildman–Crippen LogP) is 3.09. The van der Waals surface area contributed by atoms with Gasteiger partial charge in [-0.1, -0.05) is 36.4 Å². The Hall–Kier alpha value is -4.00. The summed E-state index contributed by atoms with van der Waals surface area (Å²) in [6, 6.07) is 13.9. The van der Waals surface area contributed by atoms with Gasteiger partial charge < -0.3 is 14.5 Å². The van der Waals surface area contributed by atoms with Crippen LogP contribution in [0.3, 0.4) is 0 Å². The van der Waals surface area contributed by atoms with Crippen LogP contribution in [0, 0.1) is 0 Å². The summed E-state index contributed by atoms with van der Waals surface area (Å²) in [6.45, 7) is 1.19. The van der Waals surface area contributed by atoms with E-state index in [0.29, 0.717) is 11.3 Å². The van der Waals surface area contributed by atoms with Gasteiger partial charge in [0.1, 0.15) is 5.76 Å². The van der Waals surface area contributed by atoms with Crippen LogP contribution in [0.4, 0.5) is 0 Å². The molecule has 1 aromatic heterocycles. The molecule has 3 aromatic rings. The highest BCUT2D eigenvalue weighted by Gasteiger charge is 2.33. The molecule has 0 aliphatic heterocycles. The van der Waals surface area contributed by atoms with Crippen molar-refractivity contribution >= 4 is 23.4 Å². The van der Waals surface area contributed by atoms with Gasteiger partial charge in [-0.2, -0.15) is 0 Å². The monoisotopic (exact) mass is 403 g/mol. The molecule has 2 aromatic carbocycles. The van der Waals surface area contributed by atoms with E-state index < -0.39 is 30.3 Å². The summed E-state index contributed by atoms with van der Waals surface area (Å²) in [7, 11) is 0. The molecule has 7 heteroatoms. The topological polar surface area (TPSA) is 103 Å². The Morgan fingerprint density at radius 2 is 1.63 bits per heavy atom. The lowest BCUT2D eigenvalue weighted by Gasteiger charge is -2.19. The zero-order valence-electron chi connectivity index (χ0n) is 16.0. The smallest absolute Gasteiger partial charge is 0.339 e. The number of benzene rings is 2. The van der Waals surface area contributed by atoms with Crippen molar-refractivity contribution in [2.75, 3.05) is 6.61 Å². The molecule has 7 nitrogen and oxygen atoms in total. The van der Waals surface area contributed by atoms with Gasteiger partial charge in [0.2, 0.25) is 0 Å². The molecule has 0 radical (unpaired) electrons. The van der Waals surface area contributed by atoms with Crippen molar-refractivity contribution in [1.82, 2.24) is 5.32 Å². The summed E-state index contributed by atoms with van der Waals surface area (Å²) < 4.78 is 10.3. The lowest BCUT2D eigenvalue weighted by Crippen LogP contribution is -2.31. The van der Waals surface area contributed by atoms with Gasteiger partial charge >= 0.3 is 5.97 Å². The van der Waals surface area contributed by atoms with E-state index in [1.165, 1.54) is 24.5 Å². The summed E-state index contributed by atoms with van der Waals surface area (Å²) in [5.41, 5.74) is 0.624. The number of ether oxygens (including phenoxy) is 1. The number of fused-ring (bicyclic) bond motifs is 2. The molecule has 1 aliphatic carbocycles. The van der Waals surface area contributed by atoms with Crippen LogP contribution in [0.15, 0.2) is 65.3 Å². The molecule has 0 unspecified atom stereocenters. The number of carbonyl (C=O) groups excluding carboxylic acids is 4. The fraction of sp³-hybridized carbons (Fsp3) is 0.130. The molecule has 1 heterocycles. The molecule has 1 N–H and O–H groups in total.